The highest BCUT2D eigenvalue weighted by Gasteiger charge is 2.34. The number of rotatable bonds is 4. The molecule has 0 atom stereocenters. The molecule has 1 aromatic carbocycles. The van der Waals surface area contributed by atoms with Crippen LogP contribution in [0.3, 0.4) is 0 Å². The summed E-state index contributed by atoms with van der Waals surface area (Å²) < 4.78 is 46.2. The average molecular weight is 491 g/mol. The standard InChI is InChI=1S/C24H22ClF3N4O2/c25-16-4-9-19-14(11-16)10-15(13-34-19)23(33)30-18-7-5-17(6-8-18)29-21-2-1-3-22-31-20(12-32(21)22)24(26,27)28/h1-4,9-12,17-18,29H,5-8,13H2,(H,30,33). The number of fused-ring (bicyclic) bond motifs is 2. The van der Waals surface area contributed by atoms with Gasteiger partial charge in [-0.25, -0.2) is 4.98 Å². The molecule has 1 saturated carbocycles. The molecule has 2 aliphatic rings. The Hall–Kier alpha value is -3.20. The van der Waals surface area contributed by atoms with Crippen molar-refractivity contribution in [1.82, 2.24) is 14.7 Å². The molecule has 0 bridgehead atoms. The van der Waals surface area contributed by atoms with Crippen LogP contribution in [0.25, 0.3) is 11.7 Å². The van der Waals surface area contributed by atoms with Crippen LogP contribution in [0.2, 0.25) is 5.02 Å². The fourth-order valence-electron chi connectivity index (χ4n) is 4.41. The summed E-state index contributed by atoms with van der Waals surface area (Å²) in [5.41, 5.74) is 0.643. The Labute approximate surface area is 198 Å². The summed E-state index contributed by atoms with van der Waals surface area (Å²) in [6, 6.07) is 10.4. The quantitative estimate of drug-likeness (QED) is 0.519. The number of carbonyl (C=O) groups excluding carboxylic acids is 1. The normalized spacial score (nSPS) is 20.3. The number of carbonyl (C=O) groups is 1. The van der Waals surface area contributed by atoms with Crippen LogP contribution < -0.4 is 15.4 Å². The second-order valence-electron chi connectivity index (χ2n) is 8.57. The number of imidazole rings is 1. The number of aromatic nitrogens is 2. The molecule has 2 aromatic heterocycles. The van der Waals surface area contributed by atoms with E-state index in [0.29, 0.717) is 22.2 Å². The van der Waals surface area contributed by atoms with Gasteiger partial charge in [0.05, 0.1) is 5.57 Å². The van der Waals surface area contributed by atoms with E-state index in [2.05, 4.69) is 15.6 Å². The van der Waals surface area contributed by atoms with E-state index in [0.717, 1.165) is 37.4 Å². The fraction of sp³-hybridized carbons (Fsp3) is 0.333. The van der Waals surface area contributed by atoms with Gasteiger partial charge in [-0.2, -0.15) is 13.2 Å². The maximum Gasteiger partial charge on any atom is 0.434 e. The van der Waals surface area contributed by atoms with Gasteiger partial charge in [0.15, 0.2) is 5.69 Å². The minimum absolute atomic E-state index is 0.0214. The van der Waals surface area contributed by atoms with Crippen LogP contribution in [0.15, 0.2) is 48.2 Å². The molecule has 34 heavy (non-hydrogen) atoms. The van der Waals surface area contributed by atoms with Gasteiger partial charge in [-0.15, -0.1) is 0 Å². The third-order valence-electron chi connectivity index (χ3n) is 6.17. The highest BCUT2D eigenvalue weighted by Crippen LogP contribution is 2.31. The summed E-state index contributed by atoms with van der Waals surface area (Å²) in [4.78, 5) is 16.4. The molecule has 3 heterocycles. The van der Waals surface area contributed by atoms with Crippen molar-refractivity contribution < 1.29 is 22.7 Å². The summed E-state index contributed by atoms with van der Waals surface area (Å²) >= 11 is 6.04. The molecule has 3 aromatic rings. The lowest BCUT2D eigenvalue weighted by Gasteiger charge is -2.31. The van der Waals surface area contributed by atoms with Crippen LogP contribution >= 0.6 is 11.6 Å². The number of benzene rings is 1. The molecule has 1 amide bonds. The van der Waals surface area contributed by atoms with Gasteiger partial charge in [0.25, 0.3) is 5.91 Å². The van der Waals surface area contributed by atoms with Gasteiger partial charge in [-0.1, -0.05) is 17.7 Å². The highest BCUT2D eigenvalue weighted by atomic mass is 35.5. The molecular formula is C24H22ClF3N4O2. The number of hydrogen-bond donors (Lipinski definition) is 2. The Morgan fingerprint density at radius 1 is 1.12 bits per heavy atom. The number of nitrogens with one attached hydrogen (secondary N) is 2. The SMILES string of the molecule is O=C(NC1CCC(Nc2cccc3nc(C(F)(F)F)cn23)CC1)C1=Cc2cc(Cl)ccc2OC1. The lowest BCUT2D eigenvalue weighted by atomic mass is 9.91. The summed E-state index contributed by atoms with van der Waals surface area (Å²) in [5.74, 6) is 1.10. The van der Waals surface area contributed by atoms with Crippen LogP contribution in [0.4, 0.5) is 19.0 Å². The minimum Gasteiger partial charge on any atom is -0.488 e. The molecule has 10 heteroatoms. The Balaban J connectivity index is 1.19. The predicted octanol–water partition coefficient (Wildman–Crippen LogP) is 5.32. The molecule has 1 aliphatic heterocycles. The Morgan fingerprint density at radius 3 is 2.65 bits per heavy atom. The molecule has 0 unspecified atom stereocenters. The summed E-state index contributed by atoms with van der Waals surface area (Å²) in [6.45, 7) is 0.201. The number of nitrogens with zero attached hydrogens (tertiary/aromatic N) is 2. The van der Waals surface area contributed by atoms with Crippen molar-refractivity contribution >= 4 is 35.0 Å². The second-order valence-corrected chi connectivity index (χ2v) is 9.01. The molecule has 178 valence electrons. The van der Waals surface area contributed by atoms with Crippen molar-refractivity contribution in [3.05, 3.63) is 64.4 Å². The van der Waals surface area contributed by atoms with Crippen molar-refractivity contribution in [3.8, 4) is 5.75 Å². The Kier molecular flexibility index (Phi) is 5.89. The number of anilines is 1. The first-order chi connectivity index (χ1) is 16.3. The monoisotopic (exact) mass is 490 g/mol. The Bertz CT molecular complexity index is 1260. The van der Waals surface area contributed by atoms with Crippen LogP contribution in [0.1, 0.15) is 36.9 Å². The zero-order valence-corrected chi connectivity index (χ0v) is 18.8. The lowest BCUT2D eigenvalue weighted by molar-refractivity contribution is -0.140. The molecule has 0 radical (unpaired) electrons. The van der Waals surface area contributed by atoms with E-state index in [1.54, 1.807) is 42.5 Å². The van der Waals surface area contributed by atoms with Crippen molar-refractivity contribution in [1.29, 1.82) is 0 Å². The lowest BCUT2D eigenvalue weighted by Crippen LogP contribution is -2.41. The molecule has 1 aliphatic carbocycles. The van der Waals surface area contributed by atoms with Crippen LogP contribution in [0.5, 0.6) is 5.75 Å². The topological polar surface area (TPSA) is 67.7 Å². The number of pyridine rings is 1. The van der Waals surface area contributed by atoms with Crippen molar-refractivity contribution in [2.75, 3.05) is 11.9 Å². The van der Waals surface area contributed by atoms with Crippen LogP contribution in [-0.2, 0) is 11.0 Å². The summed E-state index contributed by atoms with van der Waals surface area (Å²) in [5, 5.41) is 7.00. The van der Waals surface area contributed by atoms with Gasteiger partial charge in [-0.05, 0) is 62.1 Å². The van der Waals surface area contributed by atoms with Gasteiger partial charge in [0.2, 0.25) is 0 Å². The average Bonchev–Trinajstić information content (AvgIpc) is 3.26. The number of alkyl halides is 3. The molecule has 1 fully saturated rings. The molecular weight excluding hydrogens is 469 g/mol. The summed E-state index contributed by atoms with van der Waals surface area (Å²) in [7, 11) is 0. The first-order valence-corrected chi connectivity index (χ1v) is 11.4. The van der Waals surface area contributed by atoms with E-state index in [9.17, 15) is 18.0 Å². The van der Waals surface area contributed by atoms with Crippen LogP contribution in [-0.4, -0.2) is 34.0 Å². The van der Waals surface area contributed by atoms with E-state index >= 15 is 0 Å². The third kappa shape index (κ3) is 4.70. The van der Waals surface area contributed by atoms with E-state index < -0.39 is 11.9 Å². The molecule has 6 nitrogen and oxygen atoms in total. The largest absolute Gasteiger partial charge is 0.488 e. The third-order valence-corrected chi connectivity index (χ3v) is 6.41. The van der Waals surface area contributed by atoms with E-state index in [-0.39, 0.29) is 30.2 Å². The van der Waals surface area contributed by atoms with Gasteiger partial charge < -0.3 is 15.4 Å². The van der Waals surface area contributed by atoms with Crippen molar-refractivity contribution in [3.63, 3.8) is 0 Å². The summed E-state index contributed by atoms with van der Waals surface area (Å²) in [6.07, 6.45) is 1.38. The van der Waals surface area contributed by atoms with Gasteiger partial charge in [0, 0.05) is 28.9 Å². The molecule has 0 spiro atoms. The fourth-order valence-corrected chi connectivity index (χ4v) is 4.59. The zero-order valence-electron chi connectivity index (χ0n) is 18.0. The van der Waals surface area contributed by atoms with E-state index in [4.69, 9.17) is 16.3 Å². The smallest absolute Gasteiger partial charge is 0.434 e. The van der Waals surface area contributed by atoms with Crippen molar-refractivity contribution in [2.24, 2.45) is 0 Å². The first-order valence-electron chi connectivity index (χ1n) is 11.0. The predicted molar refractivity (Wildman–Crippen MR) is 123 cm³/mol. The second kappa shape index (κ2) is 8.87. The number of ether oxygens (including phenoxy) is 1. The molecule has 0 saturated heterocycles. The first kappa shape index (κ1) is 22.6. The zero-order chi connectivity index (χ0) is 23.9. The van der Waals surface area contributed by atoms with Gasteiger partial charge in [0.1, 0.15) is 23.8 Å². The van der Waals surface area contributed by atoms with E-state index in [1.807, 2.05) is 0 Å². The Morgan fingerprint density at radius 2 is 1.88 bits per heavy atom. The van der Waals surface area contributed by atoms with E-state index in [1.165, 1.54) is 4.40 Å². The maximum absolute atomic E-state index is 13.0. The van der Waals surface area contributed by atoms with Crippen molar-refractivity contribution in [2.45, 2.75) is 43.9 Å². The van der Waals surface area contributed by atoms with Gasteiger partial charge in [-0.3, -0.25) is 9.20 Å². The van der Waals surface area contributed by atoms with Gasteiger partial charge >= 0.3 is 6.18 Å². The highest BCUT2D eigenvalue weighted by molar-refractivity contribution is 6.30. The van der Waals surface area contributed by atoms with Crippen LogP contribution in [0, 0.1) is 0 Å². The maximum atomic E-state index is 13.0. The number of halogens is 4. The number of hydrogen-bond acceptors (Lipinski definition) is 4. The molecule has 5 rings (SSSR count). The molecule has 2 N–H and O–H groups in total. The minimum atomic E-state index is -4.49. The number of amides is 1.